The van der Waals surface area contributed by atoms with E-state index < -0.39 is 22.9 Å². The second kappa shape index (κ2) is 7.36. The van der Waals surface area contributed by atoms with Gasteiger partial charge in [-0.25, -0.2) is 18.2 Å². The lowest BCUT2D eigenvalue weighted by Crippen LogP contribution is -2.56. The molecule has 1 unspecified atom stereocenters. The van der Waals surface area contributed by atoms with Gasteiger partial charge >= 0.3 is 5.92 Å². The van der Waals surface area contributed by atoms with Gasteiger partial charge in [0.05, 0.1) is 0 Å². The van der Waals surface area contributed by atoms with Crippen LogP contribution in [0.2, 0.25) is 5.15 Å². The molecule has 0 saturated carbocycles. The lowest BCUT2D eigenvalue weighted by molar-refractivity contribution is -0.214. The quantitative estimate of drug-likeness (QED) is 0.552. The third-order valence-corrected chi connectivity index (χ3v) is 5.09. The standard InChI is InChI=1S/C21H19ClF3N3O/c1-19(2)21(24,25)20(3,28-18(26)12-29-19)15-10-13(6-7-16(15)23)4-5-14-8-9-27-17(22)11-14/h6-11H,12H2,1-3H3,(H2,26,28). The molecule has 4 nitrogen and oxygen atoms in total. The third kappa shape index (κ3) is 3.83. The van der Waals surface area contributed by atoms with Crippen LogP contribution in [-0.2, 0) is 10.3 Å². The number of rotatable bonds is 1. The maximum atomic E-state index is 15.4. The lowest BCUT2D eigenvalue weighted by atomic mass is 9.77. The molecule has 1 aliphatic heterocycles. The summed E-state index contributed by atoms with van der Waals surface area (Å²) >= 11 is 5.83. The molecule has 2 heterocycles. The van der Waals surface area contributed by atoms with Crippen LogP contribution in [-0.4, -0.2) is 29.0 Å². The van der Waals surface area contributed by atoms with Crippen LogP contribution in [0.15, 0.2) is 41.5 Å². The number of aromatic nitrogens is 1. The van der Waals surface area contributed by atoms with Gasteiger partial charge in [0.15, 0.2) is 5.54 Å². The molecule has 0 spiro atoms. The lowest BCUT2D eigenvalue weighted by Gasteiger charge is -2.41. The van der Waals surface area contributed by atoms with E-state index in [0.717, 1.165) is 13.0 Å². The first-order valence-corrected chi connectivity index (χ1v) is 9.14. The van der Waals surface area contributed by atoms with E-state index in [9.17, 15) is 4.39 Å². The highest BCUT2D eigenvalue weighted by Crippen LogP contribution is 2.50. The molecule has 1 atom stereocenters. The average Bonchev–Trinajstić information content (AvgIpc) is 2.70. The van der Waals surface area contributed by atoms with E-state index in [1.165, 1.54) is 32.2 Å². The number of halogens is 4. The van der Waals surface area contributed by atoms with E-state index in [2.05, 4.69) is 21.8 Å². The molecule has 1 aromatic heterocycles. The first-order valence-electron chi connectivity index (χ1n) is 8.76. The minimum Gasteiger partial charge on any atom is -0.385 e. The van der Waals surface area contributed by atoms with Crippen molar-refractivity contribution in [2.45, 2.75) is 37.8 Å². The molecule has 0 saturated heterocycles. The Hall–Kier alpha value is -2.56. The largest absolute Gasteiger partial charge is 0.385 e. The summed E-state index contributed by atoms with van der Waals surface area (Å²) in [6, 6.07) is 6.96. The van der Waals surface area contributed by atoms with Crippen LogP contribution < -0.4 is 5.73 Å². The average molecular weight is 422 g/mol. The molecular formula is C21H19ClF3N3O. The minimum absolute atomic E-state index is 0.139. The Kier molecular flexibility index (Phi) is 5.37. The predicted molar refractivity (Wildman–Crippen MR) is 106 cm³/mol. The van der Waals surface area contributed by atoms with Crippen molar-refractivity contribution in [3.8, 4) is 11.8 Å². The van der Waals surface area contributed by atoms with E-state index in [4.69, 9.17) is 22.1 Å². The van der Waals surface area contributed by atoms with Crippen LogP contribution in [0.1, 0.15) is 37.5 Å². The number of pyridine rings is 1. The highest BCUT2D eigenvalue weighted by Gasteiger charge is 2.63. The molecule has 3 rings (SSSR count). The highest BCUT2D eigenvalue weighted by atomic mass is 35.5. The Morgan fingerprint density at radius 3 is 2.41 bits per heavy atom. The summed E-state index contributed by atoms with van der Waals surface area (Å²) < 4.78 is 50.8. The third-order valence-electron chi connectivity index (χ3n) is 4.88. The number of nitrogens with two attached hydrogens (primary N) is 1. The summed E-state index contributed by atoms with van der Waals surface area (Å²) in [6.07, 6.45) is 1.50. The second-order valence-electron chi connectivity index (χ2n) is 7.36. The molecule has 0 amide bonds. The topological polar surface area (TPSA) is 60.5 Å². The Labute approximate surface area is 171 Å². The van der Waals surface area contributed by atoms with Gasteiger partial charge in [0.2, 0.25) is 0 Å². The molecule has 8 heteroatoms. The summed E-state index contributed by atoms with van der Waals surface area (Å²) in [5.41, 5.74) is 2.15. The predicted octanol–water partition coefficient (Wildman–Crippen LogP) is 4.29. The summed E-state index contributed by atoms with van der Waals surface area (Å²) in [4.78, 5) is 7.83. The van der Waals surface area contributed by atoms with Crippen molar-refractivity contribution >= 4 is 17.4 Å². The number of hydrogen-bond acceptors (Lipinski definition) is 4. The molecule has 0 bridgehead atoms. The minimum atomic E-state index is -3.56. The Morgan fingerprint density at radius 2 is 1.76 bits per heavy atom. The van der Waals surface area contributed by atoms with E-state index in [1.807, 2.05) is 0 Å². The Morgan fingerprint density at radius 1 is 1.10 bits per heavy atom. The molecule has 0 radical (unpaired) electrons. The molecule has 0 fully saturated rings. The van der Waals surface area contributed by atoms with E-state index in [-0.39, 0.29) is 23.2 Å². The number of hydrogen-bond donors (Lipinski definition) is 1. The van der Waals surface area contributed by atoms with E-state index >= 15 is 8.78 Å². The van der Waals surface area contributed by atoms with Crippen LogP contribution in [0, 0.1) is 17.7 Å². The van der Waals surface area contributed by atoms with Crippen molar-refractivity contribution in [3.63, 3.8) is 0 Å². The van der Waals surface area contributed by atoms with Crippen molar-refractivity contribution < 1.29 is 17.9 Å². The molecular weight excluding hydrogens is 403 g/mol. The number of benzene rings is 1. The van der Waals surface area contributed by atoms with Crippen molar-refractivity contribution in [1.82, 2.24) is 4.98 Å². The van der Waals surface area contributed by atoms with Gasteiger partial charge in [-0.1, -0.05) is 23.4 Å². The summed E-state index contributed by atoms with van der Waals surface area (Å²) in [5.74, 6) is 1.14. The van der Waals surface area contributed by atoms with Crippen LogP contribution in [0.4, 0.5) is 13.2 Å². The molecule has 152 valence electrons. The van der Waals surface area contributed by atoms with Gasteiger partial charge in [-0.05, 0) is 51.1 Å². The first-order chi connectivity index (χ1) is 13.5. The fraction of sp³-hybridized carbons (Fsp3) is 0.333. The highest BCUT2D eigenvalue weighted by molar-refractivity contribution is 6.29. The zero-order chi connectivity index (χ0) is 21.4. The number of amidine groups is 1. The van der Waals surface area contributed by atoms with Crippen molar-refractivity contribution in [2.24, 2.45) is 10.7 Å². The smallest absolute Gasteiger partial charge is 0.304 e. The molecule has 29 heavy (non-hydrogen) atoms. The molecule has 2 N–H and O–H groups in total. The van der Waals surface area contributed by atoms with Crippen LogP contribution in [0.5, 0.6) is 0 Å². The van der Waals surface area contributed by atoms with Gasteiger partial charge in [-0.3, -0.25) is 4.99 Å². The molecule has 2 aromatic rings. The van der Waals surface area contributed by atoms with Gasteiger partial charge in [0, 0.05) is 22.9 Å². The molecule has 1 aliphatic rings. The van der Waals surface area contributed by atoms with Gasteiger partial charge in [0.25, 0.3) is 0 Å². The first kappa shape index (κ1) is 21.2. The number of alkyl halides is 2. The van der Waals surface area contributed by atoms with Crippen LogP contribution in [0.3, 0.4) is 0 Å². The second-order valence-corrected chi connectivity index (χ2v) is 7.75. The fourth-order valence-corrected chi connectivity index (χ4v) is 3.32. The van der Waals surface area contributed by atoms with Gasteiger partial charge in [0.1, 0.15) is 29.0 Å². The van der Waals surface area contributed by atoms with Gasteiger partial charge in [-0.2, -0.15) is 0 Å². The molecule has 1 aromatic carbocycles. The van der Waals surface area contributed by atoms with E-state index in [1.54, 1.807) is 12.1 Å². The van der Waals surface area contributed by atoms with Crippen LogP contribution in [0.25, 0.3) is 0 Å². The number of ether oxygens (including phenoxy) is 1. The number of aliphatic imine (C=N–C) groups is 1. The number of nitrogens with zero attached hydrogens (tertiary/aromatic N) is 2. The monoisotopic (exact) mass is 421 g/mol. The summed E-state index contributed by atoms with van der Waals surface area (Å²) in [5, 5.41) is 0.272. The van der Waals surface area contributed by atoms with E-state index in [0.29, 0.717) is 11.1 Å². The maximum absolute atomic E-state index is 15.4. The fourth-order valence-electron chi connectivity index (χ4n) is 3.15. The van der Waals surface area contributed by atoms with Crippen LogP contribution >= 0.6 is 11.6 Å². The maximum Gasteiger partial charge on any atom is 0.304 e. The van der Waals surface area contributed by atoms with Gasteiger partial charge in [-0.15, -0.1) is 0 Å². The zero-order valence-electron chi connectivity index (χ0n) is 16.1. The Bertz CT molecular complexity index is 1040. The molecule has 0 aliphatic carbocycles. The van der Waals surface area contributed by atoms with Crippen molar-refractivity contribution in [1.29, 1.82) is 0 Å². The van der Waals surface area contributed by atoms with Gasteiger partial charge < -0.3 is 10.5 Å². The SMILES string of the molecule is CC1(C)OCC(N)=NC(C)(c2cc(C#Cc3ccnc(Cl)c3)ccc2F)C1(F)F. The van der Waals surface area contributed by atoms with Crippen molar-refractivity contribution in [3.05, 3.63) is 64.2 Å². The summed E-state index contributed by atoms with van der Waals surface area (Å²) in [7, 11) is 0. The summed E-state index contributed by atoms with van der Waals surface area (Å²) in [6.45, 7) is 3.33. The Balaban J connectivity index is 2.13. The normalized spacial score (nSPS) is 22.8. The van der Waals surface area contributed by atoms with Crippen molar-refractivity contribution in [2.75, 3.05) is 6.61 Å². The zero-order valence-corrected chi connectivity index (χ0v) is 16.8.